The first-order chi connectivity index (χ1) is 17.4. The van der Waals surface area contributed by atoms with Gasteiger partial charge in [0.1, 0.15) is 0 Å². The molecule has 0 radical (unpaired) electrons. The molecular weight excluding hydrogens is 476 g/mol. The Morgan fingerprint density at radius 2 is 1.03 bits per heavy atom. The maximum absolute atomic E-state index is 11.0. The van der Waals surface area contributed by atoms with E-state index in [1.807, 2.05) is 12.1 Å². The fourth-order valence-electron chi connectivity index (χ4n) is 4.03. The van der Waals surface area contributed by atoms with Gasteiger partial charge in [0.05, 0.1) is 73.0 Å². The molecule has 0 heterocycles. The minimum atomic E-state index is -2.52. The van der Waals surface area contributed by atoms with Crippen molar-refractivity contribution < 1.29 is 32.9 Å². The van der Waals surface area contributed by atoms with Crippen LogP contribution in [0, 0.1) is 0 Å². The molecule has 0 amide bonds. The van der Waals surface area contributed by atoms with E-state index in [0.717, 1.165) is 0 Å². The minimum absolute atomic E-state index is 0.0504. The van der Waals surface area contributed by atoms with Gasteiger partial charge in [-0.2, -0.15) is 0 Å². The van der Waals surface area contributed by atoms with E-state index in [0.29, 0.717) is 59.5 Å². The van der Waals surface area contributed by atoms with Crippen molar-refractivity contribution in [3.05, 3.63) is 60.7 Å². The second-order valence-electron chi connectivity index (χ2n) is 9.29. The molecule has 0 aliphatic rings. The SMILES string of the molecule is COC(=O)CCOCCOCCOCCOCCO[Si](c1ccccc1)(c1ccccc1)C(C)(C)C. The number of methoxy groups -OCH3 is 1. The predicted molar refractivity (Wildman–Crippen MR) is 143 cm³/mol. The van der Waals surface area contributed by atoms with Crippen LogP contribution in [0.25, 0.3) is 0 Å². The van der Waals surface area contributed by atoms with Crippen LogP contribution in [0.2, 0.25) is 5.04 Å². The van der Waals surface area contributed by atoms with Crippen LogP contribution in [-0.2, 0) is 32.9 Å². The van der Waals surface area contributed by atoms with Crippen molar-refractivity contribution in [1.82, 2.24) is 0 Å². The fraction of sp³-hybridized carbons (Fsp3) is 0.536. The van der Waals surface area contributed by atoms with Crippen LogP contribution in [0.4, 0.5) is 0 Å². The summed E-state index contributed by atoms with van der Waals surface area (Å²) in [7, 11) is -1.16. The van der Waals surface area contributed by atoms with Crippen LogP contribution in [0.15, 0.2) is 60.7 Å². The molecule has 0 saturated heterocycles. The zero-order valence-electron chi connectivity index (χ0n) is 22.2. The van der Waals surface area contributed by atoms with Crippen molar-refractivity contribution in [3.8, 4) is 0 Å². The number of carbonyl (C=O) groups is 1. The van der Waals surface area contributed by atoms with E-state index in [-0.39, 0.29) is 17.4 Å². The van der Waals surface area contributed by atoms with Gasteiger partial charge in [0.25, 0.3) is 8.32 Å². The van der Waals surface area contributed by atoms with Crippen LogP contribution >= 0.6 is 0 Å². The van der Waals surface area contributed by atoms with Gasteiger partial charge in [-0.05, 0) is 15.4 Å². The molecular formula is C28H42O7Si. The summed E-state index contributed by atoms with van der Waals surface area (Å²) in [5, 5.41) is 2.48. The molecule has 0 fully saturated rings. The van der Waals surface area contributed by atoms with E-state index in [1.165, 1.54) is 17.5 Å². The largest absolute Gasteiger partial charge is 0.469 e. The summed E-state index contributed by atoms with van der Waals surface area (Å²) < 4.78 is 33.4. The van der Waals surface area contributed by atoms with E-state index in [1.54, 1.807) is 0 Å². The van der Waals surface area contributed by atoms with Gasteiger partial charge in [0.2, 0.25) is 0 Å². The first-order valence-corrected chi connectivity index (χ1v) is 14.5. The van der Waals surface area contributed by atoms with Crippen molar-refractivity contribution in [3.63, 3.8) is 0 Å². The Balaban J connectivity index is 1.67. The molecule has 0 bridgehead atoms. The normalized spacial score (nSPS) is 12.0. The third-order valence-electron chi connectivity index (χ3n) is 5.76. The second kappa shape index (κ2) is 16.6. The highest BCUT2D eigenvalue weighted by Crippen LogP contribution is 2.36. The molecule has 0 spiro atoms. The molecule has 2 aromatic carbocycles. The van der Waals surface area contributed by atoms with Gasteiger partial charge in [-0.15, -0.1) is 0 Å². The lowest BCUT2D eigenvalue weighted by Gasteiger charge is -2.43. The van der Waals surface area contributed by atoms with Gasteiger partial charge in [-0.25, -0.2) is 0 Å². The first-order valence-electron chi connectivity index (χ1n) is 12.5. The highest BCUT2D eigenvalue weighted by Gasteiger charge is 2.49. The van der Waals surface area contributed by atoms with Gasteiger partial charge in [-0.3, -0.25) is 4.79 Å². The molecule has 0 unspecified atom stereocenters. The number of carbonyl (C=O) groups excluding carboxylic acids is 1. The molecule has 200 valence electrons. The van der Waals surface area contributed by atoms with E-state index in [4.69, 9.17) is 23.4 Å². The quantitative estimate of drug-likeness (QED) is 0.170. The molecule has 0 N–H and O–H groups in total. The van der Waals surface area contributed by atoms with Gasteiger partial charge in [0, 0.05) is 0 Å². The summed E-state index contributed by atoms with van der Waals surface area (Å²) in [6.07, 6.45) is 0.253. The predicted octanol–water partition coefficient (Wildman–Crippen LogP) is 3.19. The summed E-state index contributed by atoms with van der Waals surface area (Å²) in [5.74, 6) is -0.277. The van der Waals surface area contributed by atoms with E-state index < -0.39 is 8.32 Å². The average molecular weight is 519 g/mol. The molecule has 0 aromatic heterocycles. The molecule has 36 heavy (non-hydrogen) atoms. The maximum atomic E-state index is 11.0. The number of ether oxygens (including phenoxy) is 5. The van der Waals surface area contributed by atoms with Crippen LogP contribution in [-0.4, -0.2) is 80.9 Å². The highest BCUT2D eigenvalue weighted by atomic mass is 28.4. The highest BCUT2D eigenvalue weighted by molar-refractivity contribution is 6.99. The van der Waals surface area contributed by atoms with Gasteiger partial charge in [0.15, 0.2) is 0 Å². The number of rotatable bonds is 18. The minimum Gasteiger partial charge on any atom is -0.469 e. The molecule has 0 saturated carbocycles. The van der Waals surface area contributed by atoms with E-state index >= 15 is 0 Å². The maximum Gasteiger partial charge on any atom is 0.307 e. The van der Waals surface area contributed by atoms with E-state index in [9.17, 15) is 4.79 Å². The Morgan fingerprint density at radius 1 is 0.639 bits per heavy atom. The zero-order chi connectivity index (χ0) is 26.1. The lowest BCUT2D eigenvalue weighted by molar-refractivity contribution is -0.141. The molecule has 7 nitrogen and oxygen atoms in total. The molecule has 0 aliphatic carbocycles. The van der Waals surface area contributed by atoms with Crippen molar-refractivity contribution in [1.29, 1.82) is 0 Å². The van der Waals surface area contributed by atoms with Crippen LogP contribution < -0.4 is 10.4 Å². The Kier molecular flexibility index (Phi) is 13.9. The van der Waals surface area contributed by atoms with Gasteiger partial charge >= 0.3 is 5.97 Å². The first kappa shape index (κ1) is 30.2. The molecule has 2 aromatic rings. The van der Waals surface area contributed by atoms with Crippen molar-refractivity contribution >= 4 is 24.7 Å². The van der Waals surface area contributed by atoms with Crippen molar-refractivity contribution in [2.45, 2.75) is 32.2 Å². The number of esters is 1. The summed E-state index contributed by atoms with van der Waals surface area (Å²) in [4.78, 5) is 11.0. The van der Waals surface area contributed by atoms with Crippen LogP contribution in [0.5, 0.6) is 0 Å². The smallest absolute Gasteiger partial charge is 0.307 e. The Bertz CT molecular complexity index is 800. The Hall–Kier alpha value is -2.07. The molecule has 2 rings (SSSR count). The Morgan fingerprint density at radius 3 is 1.42 bits per heavy atom. The summed E-state index contributed by atoms with van der Waals surface area (Å²) in [5.41, 5.74) is 0. The molecule has 8 heteroatoms. The number of hydrogen-bond acceptors (Lipinski definition) is 7. The second-order valence-corrected chi connectivity index (χ2v) is 13.6. The summed E-state index contributed by atoms with van der Waals surface area (Å²) in [6.45, 7) is 11.0. The van der Waals surface area contributed by atoms with Crippen LogP contribution in [0.3, 0.4) is 0 Å². The summed E-state index contributed by atoms with van der Waals surface area (Å²) >= 11 is 0. The third kappa shape index (κ3) is 9.76. The Labute approximate surface area is 217 Å². The number of hydrogen-bond donors (Lipinski definition) is 0. The zero-order valence-corrected chi connectivity index (χ0v) is 23.2. The van der Waals surface area contributed by atoms with Crippen LogP contribution in [0.1, 0.15) is 27.2 Å². The lowest BCUT2D eigenvalue weighted by atomic mass is 10.2. The molecule has 0 aliphatic heterocycles. The average Bonchev–Trinajstić information content (AvgIpc) is 2.88. The fourth-order valence-corrected chi connectivity index (χ4v) is 8.58. The lowest BCUT2D eigenvalue weighted by Crippen LogP contribution is -2.66. The standard InChI is InChI=1S/C28H42O7Si/c1-28(2,3)36(25-11-7-5-8-12-25,26-13-9-6-10-14-26)35-24-23-34-22-21-33-20-19-32-18-17-31-16-15-27(29)30-4/h5-14H,15-24H2,1-4H3. The van der Waals surface area contributed by atoms with Crippen molar-refractivity contribution in [2.75, 3.05) is 66.6 Å². The van der Waals surface area contributed by atoms with Gasteiger partial charge in [-0.1, -0.05) is 81.4 Å². The topological polar surface area (TPSA) is 72.5 Å². The number of benzene rings is 2. The third-order valence-corrected chi connectivity index (χ3v) is 10.8. The van der Waals surface area contributed by atoms with E-state index in [2.05, 4.69) is 74.0 Å². The van der Waals surface area contributed by atoms with Gasteiger partial charge < -0.3 is 28.1 Å². The van der Waals surface area contributed by atoms with Crippen molar-refractivity contribution in [2.24, 2.45) is 0 Å². The molecule has 0 atom stereocenters. The summed E-state index contributed by atoms with van der Waals surface area (Å²) in [6, 6.07) is 21.2. The monoisotopic (exact) mass is 518 g/mol.